The molecule has 2 aromatic carbocycles. The van der Waals surface area contributed by atoms with E-state index in [4.69, 9.17) is 5.73 Å². The SMILES string of the molecule is N#Cc1ccc(-c2cccc(Br)c2)n2nc(-c3ccc(N)cc3)nc12. The van der Waals surface area contributed by atoms with E-state index in [2.05, 4.69) is 32.1 Å². The number of hydrogen-bond donors (Lipinski definition) is 1. The second-order valence-corrected chi connectivity index (χ2v) is 6.46. The van der Waals surface area contributed by atoms with Crippen LogP contribution in [0.3, 0.4) is 0 Å². The summed E-state index contributed by atoms with van der Waals surface area (Å²) in [6, 6.07) is 21.1. The van der Waals surface area contributed by atoms with Crippen molar-refractivity contribution in [3.63, 3.8) is 0 Å². The highest BCUT2D eigenvalue weighted by Gasteiger charge is 2.14. The molecule has 2 heterocycles. The topological polar surface area (TPSA) is 80.0 Å². The van der Waals surface area contributed by atoms with Gasteiger partial charge in [-0.05, 0) is 48.5 Å². The van der Waals surface area contributed by atoms with Crippen LogP contribution in [0.4, 0.5) is 5.69 Å². The van der Waals surface area contributed by atoms with Crippen LogP contribution in [0.2, 0.25) is 0 Å². The number of fused-ring (bicyclic) bond motifs is 1. The van der Waals surface area contributed by atoms with Gasteiger partial charge >= 0.3 is 0 Å². The van der Waals surface area contributed by atoms with Gasteiger partial charge in [-0.1, -0.05) is 28.1 Å². The Hall–Kier alpha value is -3.17. The maximum absolute atomic E-state index is 9.40. The molecule has 4 rings (SSSR count). The summed E-state index contributed by atoms with van der Waals surface area (Å²) in [6.07, 6.45) is 0. The molecule has 0 spiro atoms. The second-order valence-electron chi connectivity index (χ2n) is 5.55. The van der Waals surface area contributed by atoms with Crippen LogP contribution in [-0.2, 0) is 0 Å². The summed E-state index contributed by atoms with van der Waals surface area (Å²) < 4.78 is 2.69. The zero-order valence-electron chi connectivity index (χ0n) is 13.0. The van der Waals surface area contributed by atoms with Crippen molar-refractivity contribution < 1.29 is 0 Å². The van der Waals surface area contributed by atoms with Crippen molar-refractivity contribution in [2.45, 2.75) is 0 Å². The van der Waals surface area contributed by atoms with Gasteiger partial charge in [0.1, 0.15) is 6.07 Å². The Morgan fingerprint density at radius 2 is 1.80 bits per heavy atom. The lowest BCUT2D eigenvalue weighted by Crippen LogP contribution is -1.96. The van der Waals surface area contributed by atoms with E-state index in [9.17, 15) is 5.26 Å². The van der Waals surface area contributed by atoms with Crippen molar-refractivity contribution in [1.29, 1.82) is 5.26 Å². The first-order valence-corrected chi connectivity index (χ1v) is 8.37. The molecule has 0 radical (unpaired) electrons. The minimum absolute atomic E-state index is 0.480. The number of rotatable bonds is 2. The van der Waals surface area contributed by atoms with Gasteiger partial charge in [-0.25, -0.2) is 9.50 Å². The maximum Gasteiger partial charge on any atom is 0.182 e. The lowest BCUT2D eigenvalue weighted by atomic mass is 10.1. The zero-order valence-corrected chi connectivity index (χ0v) is 14.6. The molecule has 6 heteroatoms. The predicted octanol–water partition coefficient (Wildman–Crippen LogP) is 4.28. The second kappa shape index (κ2) is 6.04. The number of nitrogen functional groups attached to an aromatic ring is 1. The van der Waals surface area contributed by atoms with Gasteiger partial charge in [0.2, 0.25) is 0 Å². The average molecular weight is 390 g/mol. The Bertz CT molecular complexity index is 1120. The van der Waals surface area contributed by atoms with Crippen LogP contribution in [0.25, 0.3) is 28.3 Å². The fraction of sp³-hybridized carbons (Fsp3) is 0. The van der Waals surface area contributed by atoms with Crippen molar-refractivity contribution in [3.8, 4) is 28.7 Å². The monoisotopic (exact) mass is 389 g/mol. The average Bonchev–Trinajstić information content (AvgIpc) is 3.06. The predicted molar refractivity (Wildman–Crippen MR) is 101 cm³/mol. The minimum Gasteiger partial charge on any atom is -0.399 e. The maximum atomic E-state index is 9.40. The van der Waals surface area contributed by atoms with E-state index in [-0.39, 0.29) is 0 Å². The van der Waals surface area contributed by atoms with Gasteiger partial charge in [0.05, 0.1) is 11.3 Å². The summed E-state index contributed by atoms with van der Waals surface area (Å²) in [5.74, 6) is 0.555. The van der Waals surface area contributed by atoms with E-state index in [0.29, 0.717) is 22.7 Å². The Labute approximate surface area is 152 Å². The lowest BCUT2D eigenvalue weighted by molar-refractivity contribution is 0.972. The number of benzene rings is 2. The van der Waals surface area contributed by atoms with Crippen LogP contribution < -0.4 is 5.73 Å². The highest BCUT2D eigenvalue weighted by atomic mass is 79.9. The Morgan fingerprint density at radius 1 is 1.00 bits per heavy atom. The molecule has 0 unspecified atom stereocenters. The van der Waals surface area contributed by atoms with Gasteiger partial charge in [0.25, 0.3) is 0 Å². The molecule has 2 aromatic heterocycles. The molecular formula is C19H12BrN5. The Balaban J connectivity index is 1.97. The third-order valence-electron chi connectivity index (χ3n) is 3.89. The molecule has 25 heavy (non-hydrogen) atoms. The van der Waals surface area contributed by atoms with Crippen molar-refractivity contribution in [3.05, 3.63) is 70.7 Å². The van der Waals surface area contributed by atoms with Crippen molar-refractivity contribution in [2.24, 2.45) is 0 Å². The molecule has 4 aromatic rings. The number of hydrogen-bond acceptors (Lipinski definition) is 4. The van der Waals surface area contributed by atoms with E-state index < -0.39 is 0 Å². The smallest absolute Gasteiger partial charge is 0.182 e. The Morgan fingerprint density at radius 3 is 2.52 bits per heavy atom. The summed E-state index contributed by atoms with van der Waals surface area (Å²) >= 11 is 3.49. The van der Waals surface area contributed by atoms with Crippen LogP contribution in [0, 0.1) is 11.3 Å². The molecule has 0 amide bonds. The van der Waals surface area contributed by atoms with Gasteiger partial charge in [-0.2, -0.15) is 5.26 Å². The van der Waals surface area contributed by atoms with Crippen LogP contribution in [0.15, 0.2) is 65.1 Å². The van der Waals surface area contributed by atoms with Crippen LogP contribution >= 0.6 is 15.9 Å². The molecule has 0 bridgehead atoms. The molecule has 5 nitrogen and oxygen atoms in total. The quantitative estimate of drug-likeness (QED) is 0.518. The first kappa shape index (κ1) is 15.4. The molecule has 0 saturated carbocycles. The summed E-state index contributed by atoms with van der Waals surface area (Å²) in [4.78, 5) is 4.57. The summed E-state index contributed by atoms with van der Waals surface area (Å²) in [7, 11) is 0. The standard InChI is InChI=1S/C19H12BrN5/c20-15-3-1-2-13(10-15)17-9-6-14(11-21)19-23-18(24-25(17)19)12-4-7-16(22)8-5-12/h1-10H,22H2. The van der Waals surface area contributed by atoms with E-state index in [0.717, 1.165) is 21.3 Å². The molecule has 2 N–H and O–H groups in total. The van der Waals surface area contributed by atoms with E-state index in [1.807, 2.05) is 42.5 Å². The first-order valence-electron chi connectivity index (χ1n) is 7.57. The molecule has 0 saturated heterocycles. The van der Waals surface area contributed by atoms with Gasteiger partial charge < -0.3 is 5.73 Å². The molecule has 0 atom stereocenters. The van der Waals surface area contributed by atoms with Crippen molar-refractivity contribution in [1.82, 2.24) is 14.6 Å². The molecule has 0 aliphatic rings. The fourth-order valence-corrected chi connectivity index (χ4v) is 3.07. The normalized spacial score (nSPS) is 10.7. The number of nitriles is 1. The van der Waals surface area contributed by atoms with Crippen LogP contribution in [-0.4, -0.2) is 14.6 Å². The molecule has 120 valence electrons. The molecule has 0 aliphatic heterocycles. The molecular weight excluding hydrogens is 378 g/mol. The van der Waals surface area contributed by atoms with E-state index >= 15 is 0 Å². The third kappa shape index (κ3) is 2.75. The summed E-state index contributed by atoms with van der Waals surface area (Å²) in [6.45, 7) is 0. The van der Waals surface area contributed by atoms with Gasteiger partial charge in [0, 0.05) is 21.3 Å². The van der Waals surface area contributed by atoms with Gasteiger partial charge in [-0.15, -0.1) is 5.10 Å². The number of nitrogens with zero attached hydrogens (tertiary/aromatic N) is 4. The van der Waals surface area contributed by atoms with Crippen LogP contribution in [0.5, 0.6) is 0 Å². The number of halogens is 1. The van der Waals surface area contributed by atoms with E-state index in [1.165, 1.54) is 0 Å². The zero-order chi connectivity index (χ0) is 17.4. The number of pyridine rings is 1. The van der Waals surface area contributed by atoms with Gasteiger partial charge in [0.15, 0.2) is 11.5 Å². The van der Waals surface area contributed by atoms with Crippen molar-refractivity contribution >= 4 is 27.3 Å². The largest absolute Gasteiger partial charge is 0.399 e. The highest BCUT2D eigenvalue weighted by molar-refractivity contribution is 9.10. The third-order valence-corrected chi connectivity index (χ3v) is 4.39. The van der Waals surface area contributed by atoms with Crippen LogP contribution in [0.1, 0.15) is 5.56 Å². The lowest BCUT2D eigenvalue weighted by Gasteiger charge is -2.05. The molecule has 0 fully saturated rings. The van der Waals surface area contributed by atoms with E-state index in [1.54, 1.807) is 22.7 Å². The Kier molecular flexibility index (Phi) is 3.71. The highest BCUT2D eigenvalue weighted by Crippen LogP contribution is 2.27. The number of nitrogens with two attached hydrogens (primary N) is 1. The minimum atomic E-state index is 0.480. The summed E-state index contributed by atoms with van der Waals surface area (Å²) in [5.41, 5.74) is 10.1. The fourth-order valence-electron chi connectivity index (χ4n) is 2.67. The first-order chi connectivity index (χ1) is 12.2. The molecule has 0 aliphatic carbocycles. The number of anilines is 1. The van der Waals surface area contributed by atoms with Gasteiger partial charge in [-0.3, -0.25) is 0 Å². The number of aromatic nitrogens is 3. The van der Waals surface area contributed by atoms with Crippen molar-refractivity contribution in [2.75, 3.05) is 5.73 Å². The summed E-state index contributed by atoms with van der Waals surface area (Å²) in [5, 5.41) is 14.0.